The van der Waals surface area contributed by atoms with Gasteiger partial charge in [-0.3, -0.25) is 0 Å². The van der Waals surface area contributed by atoms with Crippen LogP contribution in [0.3, 0.4) is 0 Å². The number of rotatable bonds is 4. The first kappa shape index (κ1) is 10.9. The number of nitrogens with two attached hydrogens (primary N) is 2. The summed E-state index contributed by atoms with van der Waals surface area (Å²) in [6.07, 6.45) is 1.04. The van der Waals surface area contributed by atoms with E-state index in [-0.39, 0.29) is 0 Å². The van der Waals surface area contributed by atoms with Crippen molar-refractivity contribution in [3.05, 3.63) is 22.7 Å². The molecule has 0 bridgehead atoms. The van der Waals surface area contributed by atoms with Crippen LogP contribution in [-0.4, -0.2) is 12.3 Å². The Morgan fingerprint density at radius 1 is 1.38 bits per heavy atom. The van der Waals surface area contributed by atoms with Gasteiger partial charge in [0.05, 0.1) is 0 Å². The van der Waals surface area contributed by atoms with Gasteiger partial charge in [-0.1, -0.05) is 0 Å². The predicted molar refractivity (Wildman–Crippen MR) is 62.9 cm³/mol. The average molecular weight is 261 g/mol. The van der Waals surface area contributed by atoms with Gasteiger partial charge in [-0.15, -0.1) is 11.8 Å². The second kappa shape index (κ2) is 5.52. The van der Waals surface area contributed by atoms with E-state index < -0.39 is 0 Å². The van der Waals surface area contributed by atoms with Crippen LogP contribution >= 0.6 is 27.7 Å². The Hall–Kier alpha value is -0.190. The molecule has 0 aliphatic carbocycles. The standard InChI is InChI=1S/C9H13BrN2S/c10-8-6-7(12)2-3-9(8)13-5-1-4-11/h2-3,6H,1,4-5,11-12H2. The lowest BCUT2D eigenvalue weighted by Gasteiger charge is -2.04. The zero-order valence-electron chi connectivity index (χ0n) is 7.29. The quantitative estimate of drug-likeness (QED) is 0.497. The smallest absolute Gasteiger partial charge is 0.0331 e. The average Bonchev–Trinajstić information content (AvgIpc) is 2.09. The van der Waals surface area contributed by atoms with Crippen LogP contribution in [0.25, 0.3) is 0 Å². The molecular weight excluding hydrogens is 248 g/mol. The Kier molecular flexibility index (Phi) is 4.62. The van der Waals surface area contributed by atoms with Crippen molar-refractivity contribution in [3.8, 4) is 0 Å². The number of thioether (sulfide) groups is 1. The van der Waals surface area contributed by atoms with Gasteiger partial charge >= 0.3 is 0 Å². The maximum atomic E-state index is 5.62. The van der Waals surface area contributed by atoms with Crippen molar-refractivity contribution in [3.63, 3.8) is 0 Å². The third kappa shape index (κ3) is 3.58. The largest absolute Gasteiger partial charge is 0.399 e. The molecule has 0 heterocycles. The topological polar surface area (TPSA) is 52.0 Å². The van der Waals surface area contributed by atoms with Crippen LogP contribution in [0.15, 0.2) is 27.6 Å². The van der Waals surface area contributed by atoms with Gasteiger partial charge < -0.3 is 11.5 Å². The predicted octanol–water partition coefficient (Wildman–Crippen LogP) is 2.47. The number of hydrogen-bond donors (Lipinski definition) is 2. The summed E-state index contributed by atoms with van der Waals surface area (Å²) in [7, 11) is 0. The van der Waals surface area contributed by atoms with E-state index in [0.717, 1.165) is 28.9 Å². The first-order chi connectivity index (χ1) is 6.24. The third-order valence-corrected chi connectivity index (χ3v) is 3.64. The van der Waals surface area contributed by atoms with Crippen molar-refractivity contribution in [1.29, 1.82) is 0 Å². The lowest BCUT2D eigenvalue weighted by molar-refractivity contribution is 0.943. The highest BCUT2D eigenvalue weighted by atomic mass is 79.9. The van der Waals surface area contributed by atoms with E-state index in [9.17, 15) is 0 Å². The molecule has 0 saturated carbocycles. The fourth-order valence-electron chi connectivity index (χ4n) is 0.900. The zero-order chi connectivity index (χ0) is 9.68. The van der Waals surface area contributed by atoms with Crippen LogP contribution in [0.1, 0.15) is 6.42 Å². The number of benzene rings is 1. The van der Waals surface area contributed by atoms with Crippen LogP contribution in [0.4, 0.5) is 5.69 Å². The molecule has 0 spiro atoms. The number of nitrogen functional groups attached to an aromatic ring is 1. The molecule has 0 aliphatic heterocycles. The molecule has 0 amide bonds. The van der Waals surface area contributed by atoms with Gasteiger partial charge in [0.25, 0.3) is 0 Å². The van der Waals surface area contributed by atoms with Crippen molar-refractivity contribution in [2.45, 2.75) is 11.3 Å². The van der Waals surface area contributed by atoms with Crippen LogP contribution in [0.2, 0.25) is 0 Å². The summed E-state index contributed by atoms with van der Waals surface area (Å²) in [5.74, 6) is 1.05. The molecule has 0 unspecified atom stereocenters. The molecular formula is C9H13BrN2S. The molecule has 4 heteroatoms. The maximum Gasteiger partial charge on any atom is 0.0331 e. The molecule has 0 aromatic heterocycles. The normalized spacial score (nSPS) is 10.3. The summed E-state index contributed by atoms with van der Waals surface area (Å²) >= 11 is 5.27. The first-order valence-electron chi connectivity index (χ1n) is 4.12. The minimum Gasteiger partial charge on any atom is -0.399 e. The summed E-state index contributed by atoms with van der Waals surface area (Å²) < 4.78 is 1.06. The molecule has 4 N–H and O–H groups in total. The summed E-state index contributed by atoms with van der Waals surface area (Å²) in [5, 5.41) is 0. The Labute approximate surface area is 91.2 Å². The highest BCUT2D eigenvalue weighted by molar-refractivity contribution is 9.10. The molecule has 0 aliphatic rings. The minimum absolute atomic E-state index is 0.750. The first-order valence-corrected chi connectivity index (χ1v) is 5.90. The highest BCUT2D eigenvalue weighted by Gasteiger charge is 1.99. The molecule has 0 radical (unpaired) electrons. The second-order valence-electron chi connectivity index (χ2n) is 2.68. The van der Waals surface area contributed by atoms with E-state index in [0.29, 0.717) is 0 Å². The number of halogens is 1. The summed E-state index contributed by atoms with van der Waals surface area (Å²) in [6.45, 7) is 0.750. The number of hydrogen-bond acceptors (Lipinski definition) is 3. The van der Waals surface area contributed by atoms with Crippen LogP contribution < -0.4 is 11.5 Å². The molecule has 13 heavy (non-hydrogen) atoms. The molecule has 0 atom stereocenters. The van der Waals surface area contributed by atoms with E-state index in [1.807, 2.05) is 18.2 Å². The Balaban J connectivity index is 2.56. The molecule has 1 aromatic carbocycles. The van der Waals surface area contributed by atoms with Gasteiger partial charge in [-0.2, -0.15) is 0 Å². The van der Waals surface area contributed by atoms with E-state index in [1.54, 1.807) is 11.8 Å². The van der Waals surface area contributed by atoms with E-state index in [4.69, 9.17) is 11.5 Å². The Morgan fingerprint density at radius 2 is 2.15 bits per heavy atom. The van der Waals surface area contributed by atoms with Crippen LogP contribution in [0.5, 0.6) is 0 Å². The van der Waals surface area contributed by atoms with Crippen molar-refractivity contribution >= 4 is 33.4 Å². The maximum absolute atomic E-state index is 5.62. The van der Waals surface area contributed by atoms with Crippen molar-refractivity contribution in [1.82, 2.24) is 0 Å². The fourth-order valence-corrected chi connectivity index (χ4v) is 2.53. The molecule has 0 saturated heterocycles. The Bertz CT molecular complexity index is 278. The Morgan fingerprint density at radius 3 is 2.77 bits per heavy atom. The molecule has 72 valence electrons. The van der Waals surface area contributed by atoms with Crippen molar-refractivity contribution in [2.75, 3.05) is 18.0 Å². The van der Waals surface area contributed by atoms with E-state index in [2.05, 4.69) is 15.9 Å². The summed E-state index contributed by atoms with van der Waals surface area (Å²) in [6, 6.07) is 5.86. The minimum atomic E-state index is 0.750. The van der Waals surface area contributed by atoms with Gasteiger partial charge in [0.2, 0.25) is 0 Å². The van der Waals surface area contributed by atoms with Crippen LogP contribution in [0, 0.1) is 0 Å². The molecule has 1 rings (SSSR count). The van der Waals surface area contributed by atoms with Gasteiger partial charge in [-0.25, -0.2) is 0 Å². The molecule has 1 aromatic rings. The second-order valence-corrected chi connectivity index (χ2v) is 4.67. The van der Waals surface area contributed by atoms with E-state index in [1.165, 1.54) is 4.90 Å². The summed E-state index contributed by atoms with van der Waals surface area (Å²) in [5.41, 5.74) is 11.8. The fraction of sp³-hybridized carbons (Fsp3) is 0.333. The molecule has 0 fully saturated rings. The lowest BCUT2D eigenvalue weighted by Crippen LogP contribution is -1.99. The van der Waals surface area contributed by atoms with E-state index >= 15 is 0 Å². The van der Waals surface area contributed by atoms with Crippen LogP contribution in [-0.2, 0) is 0 Å². The third-order valence-electron chi connectivity index (χ3n) is 1.56. The summed E-state index contributed by atoms with van der Waals surface area (Å²) in [4.78, 5) is 1.22. The number of anilines is 1. The van der Waals surface area contributed by atoms with Gasteiger partial charge in [0, 0.05) is 15.1 Å². The SMILES string of the molecule is NCCCSc1ccc(N)cc1Br. The van der Waals surface area contributed by atoms with Gasteiger partial charge in [0.15, 0.2) is 0 Å². The zero-order valence-corrected chi connectivity index (χ0v) is 9.70. The van der Waals surface area contributed by atoms with Gasteiger partial charge in [0.1, 0.15) is 0 Å². The van der Waals surface area contributed by atoms with Crippen molar-refractivity contribution < 1.29 is 0 Å². The molecule has 2 nitrogen and oxygen atoms in total. The lowest BCUT2D eigenvalue weighted by atomic mass is 10.3. The van der Waals surface area contributed by atoms with Gasteiger partial charge in [-0.05, 0) is 52.8 Å². The monoisotopic (exact) mass is 260 g/mol. The highest BCUT2D eigenvalue weighted by Crippen LogP contribution is 2.29. The van der Waals surface area contributed by atoms with Crippen molar-refractivity contribution in [2.24, 2.45) is 5.73 Å².